The highest BCUT2D eigenvalue weighted by Crippen LogP contribution is 2.23. The molecule has 6 heteroatoms. The summed E-state index contributed by atoms with van der Waals surface area (Å²) in [4.78, 5) is 24.8. The molecule has 0 aliphatic carbocycles. The van der Waals surface area contributed by atoms with Gasteiger partial charge in [0, 0.05) is 13.2 Å². The molecule has 0 unspecified atom stereocenters. The Kier molecular flexibility index (Phi) is 5.26. The molecule has 0 spiro atoms. The van der Waals surface area contributed by atoms with Crippen LogP contribution < -0.4 is 0 Å². The second kappa shape index (κ2) is 7.00. The van der Waals surface area contributed by atoms with Gasteiger partial charge in [-0.1, -0.05) is 12.1 Å². The number of carbonyl (C=O) groups excluding carboxylic acids is 1. The van der Waals surface area contributed by atoms with E-state index in [1.165, 1.54) is 0 Å². The van der Waals surface area contributed by atoms with E-state index in [0.29, 0.717) is 19.7 Å². The summed E-state index contributed by atoms with van der Waals surface area (Å²) in [6.45, 7) is 7.02. The standard InChI is InChI=1S/C17H23NO5/c1-17(2,3)23-16(21)18-9-4-10-22-14(11-18)12-5-7-13(8-6-12)15(19)20/h5-8,14H,4,9-11H2,1-3H3,(H,19,20)/t14-/m1/s1. The maximum absolute atomic E-state index is 12.3. The third-order valence-electron chi connectivity index (χ3n) is 3.46. The van der Waals surface area contributed by atoms with Crippen LogP contribution in [0.4, 0.5) is 4.79 Å². The van der Waals surface area contributed by atoms with Gasteiger partial charge in [-0.05, 0) is 44.9 Å². The van der Waals surface area contributed by atoms with Crippen molar-refractivity contribution >= 4 is 12.1 Å². The van der Waals surface area contributed by atoms with Crippen LogP contribution in [0, 0.1) is 0 Å². The van der Waals surface area contributed by atoms with Crippen LogP contribution in [0.5, 0.6) is 0 Å². The van der Waals surface area contributed by atoms with Crippen LogP contribution >= 0.6 is 0 Å². The fourth-order valence-corrected chi connectivity index (χ4v) is 2.36. The Morgan fingerprint density at radius 1 is 1.26 bits per heavy atom. The summed E-state index contributed by atoms with van der Waals surface area (Å²) < 4.78 is 11.2. The molecule has 0 aromatic heterocycles. The first kappa shape index (κ1) is 17.3. The van der Waals surface area contributed by atoms with Crippen molar-refractivity contribution in [3.63, 3.8) is 0 Å². The van der Waals surface area contributed by atoms with Gasteiger partial charge in [0.05, 0.1) is 12.1 Å². The van der Waals surface area contributed by atoms with Gasteiger partial charge in [-0.3, -0.25) is 0 Å². The molecule has 1 fully saturated rings. The van der Waals surface area contributed by atoms with Gasteiger partial charge < -0.3 is 19.5 Å². The lowest BCUT2D eigenvalue weighted by atomic mass is 10.1. The highest BCUT2D eigenvalue weighted by atomic mass is 16.6. The molecule has 0 saturated carbocycles. The van der Waals surface area contributed by atoms with E-state index in [2.05, 4.69) is 0 Å². The Bertz CT molecular complexity index is 561. The smallest absolute Gasteiger partial charge is 0.410 e. The maximum atomic E-state index is 12.3. The van der Waals surface area contributed by atoms with Crippen LogP contribution in [-0.2, 0) is 9.47 Å². The SMILES string of the molecule is CC(C)(C)OC(=O)N1CCCO[C@@H](c2ccc(C(=O)O)cc2)C1. The van der Waals surface area contributed by atoms with Gasteiger partial charge in [0.25, 0.3) is 0 Å². The molecular formula is C17H23NO5. The molecule has 1 aromatic rings. The summed E-state index contributed by atoms with van der Waals surface area (Å²) in [6.07, 6.45) is 0.103. The highest BCUT2D eigenvalue weighted by Gasteiger charge is 2.27. The van der Waals surface area contributed by atoms with Gasteiger partial charge in [0.1, 0.15) is 11.7 Å². The number of carboxylic acids is 1. The molecule has 1 aromatic carbocycles. The van der Waals surface area contributed by atoms with Crippen molar-refractivity contribution in [2.45, 2.75) is 38.9 Å². The largest absolute Gasteiger partial charge is 0.478 e. The van der Waals surface area contributed by atoms with Gasteiger partial charge in [-0.25, -0.2) is 9.59 Å². The fourth-order valence-electron chi connectivity index (χ4n) is 2.36. The summed E-state index contributed by atoms with van der Waals surface area (Å²) in [5, 5.41) is 8.95. The molecular weight excluding hydrogens is 298 g/mol. The van der Waals surface area contributed by atoms with Crippen LogP contribution in [0.2, 0.25) is 0 Å². The Labute approximate surface area is 136 Å². The van der Waals surface area contributed by atoms with E-state index >= 15 is 0 Å². The number of amides is 1. The van der Waals surface area contributed by atoms with Crippen LogP contribution in [0.1, 0.15) is 49.2 Å². The van der Waals surface area contributed by atoms with Gasteiger partial charge in [0.2, 0.25) is 0 Å². The number of carbonyl (C=O) groups is 2. The lowest BCUT2D eigenvalue weighted by Crippen LogP contribution is -2.38. The second-order valence-corrected chi connectivity index (χ2v) is 6.57. The van der Waals surface area contributed by atoms with Gasteiger partial charge in [0.15, 0.2) is 0 Å². The predicted molar refractivity (Wildman–Crippen MR) is 84.5 cm³/mol. The van der Waals surface area contributed by atoms with Gasteiger partial charge in [-0.15, -0.1) is 0 Å². The molecule has 2 rings (SSSR count). The lowest BCUT2D eigenvalue weighted by molar-refractivity contribution is 0.0140. The van der Waals surface area contributed by atoms with Crippen molar-refractivity contribution < 1.29 is 24.2 Å². The number of benzene rings is 1. The normalized spacial score (nSPS) is 19.1. The minimum absolute atomic E-state index is 0.228. The van der Waals surface area contributed by atoms with Crippen LogP contribution in [0.3, 0.4) is 0 Å². The minimum atomic E-state index is -0.964. The van der Waals surface area contributed by atoms with E-state index in [4.69, 9.17) is 14.6 Å². The van der Waals surface area contributed by atoms with Crippen LogP contribution in [-0.4, -0.2) is 47.4 Å². The molecule has 0 bridgehead atoms. The Morgan fingerprint density at radius 3 is 2.48 bits per heavy atom. The van der Waals surface area contributed by atoms with Crippen molar-refractivity contribution in [3.05, 3.63) is 35.4 Å². The molecule has 1 atom stereocenters. The first-order valence-electron chi connectivity index (χ1n) is 7.69. The molecule has 1 amide bonds. The van der Waals surface area contributed by atoms with Crippen molar-refractivity contribution in [2.24, 2.45) is 0 Å². The van der Waals surface area contributed by atoms with Crippen molar-refractivity contribution in [3.8, 4) is 0 Å². The predicted octanol–water partition coefficient (Wildman–Crippen LogP) is 3.08. The minimum Gasteiger partial charge on any atom is -0.478 e. The molecule has 23 heavy (non-hydrogen) atoms. The number of hydrogen-bond acceptors (Lipinski definition) is 4. The first-order chi connectivity index (χ1) is 10.8. The maximum Gasteiger partial charge on any atom is 0.410 e. The molecule has 1 saturated heterocycles. The van der Waals surface area contributed by atoms with E-state index in [-0.39, 0.29) is 17.8 Å². The quantitative estimate of drug-likeness (QED) is 0.906. The average Bonchev–Trinajstić information content (AvgIpc) is 2.71. The Balaban J connectivity index is 2.09. The highest BCUT2D eigenvalue weighted by molar-refractivity contribution is 5.87. The summed E-state index contributed by atoms with van der Waals surface area (Å²) in [7, 11) is 0. The van der Waals surface area contributed by atoms with E-state index in [1.54, 1.807) is 29.2 Å². The number of nitrogens with zero attached hydrogens (tertiary/aromatic N) is 1. The van der Waals surface area contributed by atoms with Crippen molar-refractivity contribution in [1.82, 2.24) is 4.90 Å². The monoisotopic (exact) mass is 321 g/mol. The number of rotatable bonds is 2. The van der Waals surface area contributed by atoms with E-state index in [9.17, 15) is 9.59 Å². The molecule has 1 N–H and O–H groups in total. The van der Waals surface area contributed by atoms with Gasteiger partial charge in [-0.2, -0.15) is 0 Å². The molecule has 126 valence electrons. The average molecular weight is 321 g/mol. The van der Waals surface area contributed by atoms with E-state index in [1.807, 2.05) is 20.8 Å². The topological polar surface area (TPSA) is 76.1 Å². The zero-order chi connectivity index (χ0) is 17.0. The van der Waals surface area contributed by atoms with Crippen molar-refractivity contribution in [1.29, 1.82) is 0 Å². The molecule has 1 heterocycles. The van der Waals surface area contributed by atoms with E-state index < -0.39 is 11.6 Å². The summed E-state index contributed by atoms with van der Waals surface area (Å²) in [5.74, 6) is -0.964. The zero-order valence-electron chi connectivity index (χ0n) is 13.7. The number of ether oxygens (including phenoxy) is 2. The molecule has 6 nitrogen and oxygen atoms in total. The fraction of sp³-hybridized carbons (Fsp3) is 0.529. The summed E-state index contributed by atoms with van der Waals surface area (Å²) in [6, 6.07) is 6.55. The summed E-state index contributed by atoms with van der Waals surface area (Å²) in [5.41, 5.74) is 0.542. The first-order valence-corrected chi connectivity index (χ1v) is 7.69. The molecule has 1 aliphatic heterocycles. The second-order valence-electron chi connectivity index (χ2n) is 6.57. The summed E-state index contributed by atoms with van der Waals surface area (Å²) >= 11 is 0. The Hall–Kier alpha value is -2.08. The Morgan fingerprint density at radius 2 is 1.91 bits per heavy atom. The third-order valence-corrected chi connectivity index (χ3v) is 3.46. The van der Waals surface area contributed by atoms with Crippen LogP contribution in [0.25, 0.3) is 0 Å². The van der Waals surface area contributed by atoms with E-state index in [0.717, 1.165) is 12.0 Å². The number of hydrogen-bond donors (Lipinski definition) is 1. The van der Waals surface area contributed by atoms with Crippen molar-refractivity contribution in [2.75, 3.05) is 19.7 Å². The number of aromatic carboxylic acids is 1. The lowest BCUT2D eigenvalue weighted by Gasteiger charge is -2.28. The molecule has 0 radical (unpaired) electrons. The molecule has 1 aliphatic rings. The van der Waals surface area contributed by atoms with Gasteiger partial charge >= 0.3 is 12.1 Å². The van der Waals surface area contributed by atoms with Crippen LogP contribution in [0.15, 0.2) is 24.3 Å². The zero-order valence-corrected chi connectivity index (χ0v) is 13.7. The number of carboxylic acid groups (broad SMARTS) is 1. The third kappa shape index (κ3) is 4.96.